The minimum absolute atomic E-state index is 0.148. The first-order valence-corrected chi connectivity index (χ1v) is 6.79. The molecule has 0 spiro atoms. The number of carbonyl (C=O) groups is 1. The number of aliphatic hydroxyl groups excluding tert-OH is 2. The second kappa shape index (κ2) is 7.22. The summed E-state index contributed by atoms with van der Waals surface area (Å²) in [7, 11) is 0. The summed E-state index contributed by atoms with van der Waals surface area (Å²) in [4.78, 5) is 36.7. The van der Waals surface area contributed by atoms with Crippen LogP contribution in [-0.4, -0.2) is 57.3 Å². The molecule has 0 aromatic carbocycles. The topological polar surface area (TPSA) is 143 Å². The lowest BCUT2D eigenvalue weighted by atomic mass is 10.1. The number of H-pyrrole nitrogens is 1. The molecule has 1 saturated heterocycles. The van der Waals surface area contributed by atoms with E-state index in [2.05, 4.69) is 11.9 Å². The number of ether oxygens (including phenoxy) is 2. The van der Waals surface area contributed by atoms with Gasteiger partial charge in [-0.2, -0.15) is 0 Å². The first-order valence-electron chi connectivity index (χ1n) is 6.79. The van der Waals surface area contributed by atoms with E-state index in [0.29, 0.717) is 0 Å². The van der Waals surface area contributed by atoms with Gasteiger partial charge in [0.05, 0.1) is 6.61 Å². The molecular formula is C13H17N3O7. The van der Waals surface area contributed by atoms with Gasteiger partial charge >= 0.3 is 11.8 Å². The molecule has 126 valence electrons. The molecule has 23 heavy (non-hydrogen) atoms. The number of aromatic amines is 1. The van der Waals surface area contributed by atoms with E-state index in [-0.39, 0.29) is 6.54 Å². The monoisotopic (exact) mass is 327 g/mol. The highest BCUT2D eigenvalue weighted by molar-refractivity contribution is 5.67. The van der Waals surface area contributed by atoms with Gasteiger partial charge in [-0.25, -0.2) is 9.59 Å². The van der Waals surface area contributed by atoms with Crippen LogP contribution in [0, 0.1) is 0 Å². The molecule has 1 aliphatic rings. The van der Waals surface area contributed by atoms with Crippen LogP contribution in [0.1, 0.15) is 6.23 Å². The minimum Gasteiger partial charge on any atom is -0.438 e. The number of aliphatic hydroxyl groups is 2. The zero-order valence-corrected chi connectivity index (χ0v) is 12.0. The maximum absolute atomic E-state index is 11.8. The SMILES string of the molecule is C=CCNC(=O)O[C@@H]1[C@H](O)[C@@H](CO)O[C@H]1n1ccc(=O)[nH]c1=O. The van der Waals surface area contributed by atoms with E-state index in [1.807, 2.05) is 4.98 Å². The summed E-state index contributed by atoms with van der Waals surface area (Å²) in [5.74, 6) is 0. The second-order valence-corrected chi connectivity index (χ2v) is 4.80. The fraction of sp³-hybridized carbons (Fsp3) is 0.462. The standard InChI is InChI=1S/C13H17N3O7/c1-2-4-14-13(21)23-10-9(19)7(6-17)22-11(10)16-5-3-8(18)15-12(16)20/h2-3,5,7,9-11,17,19H,1,4,6H2,(H,14,21)(H,15,18,20)/t7-,9-,10-,11-/m1/s1. The Morgan fingerprint density at radius 2 is 2.30 bits per heavy atom. The van der Waals surface area contributed by atoms with Crippen LogP contribution in [0.4, 0.5) is 4.79 Å². The van der Waals surface area contributed by atoms with Crippen LogP contribution in [0.15, 0.2) is 34.5 Å². The summed E-state index contributed by atoms with van der Waals surface area (Å²) in [6, 6.07) is 1.08. The summed E-state index contributed by atoms with van der Waals surface area (Å²) in [6.07, 6.45) is -3.10. The average Bonchev–Trinajstić information content (AvgIpc) is 2.82. The van der Waals surface area contributed by atoms with E-state index in [9.17, 15) is 24.6 Å². The number of hydrogen-bond donors (Lipinski definition) is 4. The van der Waals surface area contributed by atoms with Gasteiger partial charge in [-0.1, -0.05) is 6.08 Å². The predicted octanol–water partition coefficient (Wildman–Crippen LogP) is -1.93. The van der Waals surface area contributed by atoms with Crippen molar-refractivity contribution in [3.63, 3.8) is 0 Å². The number of amides is 1. The van der Waals surface area contributed by atoms with E-state index < -0.39 is 48.5 Å². The summed E-state index contributed by atoms with van der Waals surface area (Å²) in [6.45, 7) is 3.04. The average molecular weight is 327 g/mol. The Morgan fingerprint density at radius 3 is 2.91 bits per heavy atom. The van der Waals surface area contributed by atoms with Crippen molar-refractivity contribution < 1.29 is 24.5 Å². The molecular weight excluding hydrogens is 310 g/mol. The first kappa shape index (κ1) is 16.9. The van der Waals surface area contributed by atoms with Crippen molar-refractivity contribution in [2.75, 3.05) is 13.2 Å². The molecule has 1 aromatic heterocycles. The van der Waals surface area contributed by atoms with Crippen LogP contribution in [-0.2, 0) is 9.47 Å². The zero-order valence-electron chi connectivity index (χ0n) is 12.0. The minimum atomic E-state index is -1.35. The third-order valence-electron chi connectivity index (χ3n) is 3.25. The van der Waals surface area contributed by atoms with Crippen LogP contribution >= 0.6 is 0 Å². The highest BCUT2D eigenvalue weighted by Crippen LogP contribution is 2.30. The molecule has 0 radical (unpaired) electrons. The summed E-state index contributed by atoms with van der Waals surface area (Å²) < 4.78 is 11.4. The Kier molecular flexibility index (Phi) is 5.32. The van der Waals surface area contributed by atoms with Crippen LogP contribution in [0.25, 0.3) is 0 Å². The van der Waals surface area contributed by atoms with Gasteiger partial charge in [0, 0.05) is 18.8 Å². The first-order chi connectivity index (χ1) is 11.0. The molecule has 1 fully saturated rings. The number of rotatable bonds is 5. The molecule has 2 heterocycles. The van der Waals surface area contributed by atoms with E-state index in [4.69, 9.17) is 9.47 Å². The van der Waals surface area contributed by atoms with Gasteiger partial charge in [-0.15, -0.1) is 6.58 Å². The number of nitrogens with one attached hydrogen (secondary N) is 2. The number of carbonyl (C=O) groups excluding carboxylic acids is 1. The quantitative estimate of drug-likeness (QED) is 0.461. The fourth-order valence-corrected chi connectivity index (χ4v) is 2.17. The number of nitrogens with zero attached hydrogens (tertiary/aromatic N) is 1. The van der Waals surface area contributed by atoms with Crippen molar-refractivity contribution in [3.8, 4) is 0 Å². The molecule has 10 heteroatoms. The van der Waals surface area contributed by atoms with Crippen LogP contribution in [0.3, 0.4) is 0 Å². The van der Waals surface area contributed by atoms with E-state index in [0.717, 1.165) is 16.8 Å². The molecule has 0 unspecified atom stereocenters. The maximum atomic E-state index is 11.8. The number of alkyl carbamates (subject to hydrolysis) is 1. The lowest BCUT2D eigenvalue weighted by Gasteiger charge is -2.21. The van der Waals surface area contributed by atoms with Gasteiger partial charge in [0.25, 0.3) is 5.56 Å². The van der Waals surface area contributed by atoms with Crippen molar-refractivity contribution >= 4 is 6.09 Å². The van der Waals surface area contributed by atoms with Crippen molar-refractivity contribution in [1.82, 2.24) is 14.9 Å². The van der Waals surface area contributed by atoms with Gasteiger partial charge in [-0.05, 0) is 0 Å². The van der Waals surface area contributed by atoms with Gasteiger partial charge in [0.15, 0.2) is 12.3 Å². The van der Waals surface area contributed by atoms with Crippen LogP contribution in [0.2, 0.25) is 0 Å². The Bertz CT molecular complexity index is 683. The molecule has 0 saturated carbocycles. The van der Waals surface area contributed by atoms with E-state index >= 15 is 0 Å². The zero-order chi connectivity index (χ0) is 17.0. The van der Waals surface area contributed by atoms with Gasteiger partial charge in [-0.3, -0.25) is 14.3 Å². The molecule has 1 aromatic rings. The van der Waals surface area contributed by atoms with E-state index in [1.54, 1.807) is 0 Å². The molecule has 0 aliphatic carbocycles. The van der Waals surface area contributed by atoms with Crippen molar-refractivity contribution in [2.24, 2.45) is 0 Å². The third kappa shape index (κ3) is 3.67. The summed E-state index contributed by atoms with van der Waals surface area (Å²) in [5, 5.41) is 21.7. The molecule has 2 rings (SSSR count). The van der Waals surface area contributed by atoms with E-state index in [1.165, 1.54) is 6.08 Å². The van der Waals surface area contributed by atoms with Crippen LogP contribution < -0.4 is 16.6 Å². The van der Waals surface area contributed by atoms with Gasteiger partial charge in [0.1, 0.15) is 12.2 Å². The van der Waals surface area contributed by atoms with Gasteiger partial charge in [0.2, 0.25) is 0 Å². The Hall–Kier alpha value is -2.43. The molecule has 4 N–H and O–H groups in total. The lowest BCUT2D eigenvalue weighted by Crippen LogP contribution is -2.42. The number of hydrogen-bond acceptors (Lipinski definition) is 7. The lowest BCUT2D eigenvalue weighted by molar-refractivity contribution is -0.0569. The number of aromatic nitrogens is 2. The predicted molar refractivity (Wildman–Crippen MR) is 76.8 cm³/mol. The Balaban J connectivity index is 2.27. The Morgan fingerprint density at radius 1 is 1.57 bits per heavy atom. The highest BCUT2D eigenvalue weighted by Gasteiger charge is 2.47. The second-order valence-electron chi connectivity index (χ2n) is 4.80. The maximum Gasteiger partial charge on any atom is 0.407 e. The molecule has 4 atom stereocenters. The fourth-order valence-electron chi connectivity index (χ4n) is 2.17. The highest BCUT2D eigenvalue weighted by atomic mass is 16.6. The Labute approximate surface area is 130 Å². The largest absolute Gasteiger partial charge is 0.438 e. The summed E-state index contributed by atoms with van der Waals surface area (Å²) in [5.41, 5.74) is -1.40. The van der Waals surface area contributed by atoms with Crippen LogP contribution in [0.5, 0.6) is 0 Å². The molecule has 0 bridgehead atoms. The van der Waals surface area contributed by atoms with Crippen molar-refractivity contribution in [1.29, 1.82) is 0 Å². The molecule has 1 amide bonds. The third-order valence-corrected chi connectivity index (χ3v) is 3.25. The summed E-state index contributed by atoms with van der Waals surface area (Å²) >= 11 is 0. The molecule has 1 aliphatic heterocycles. The smallest absolute Gasteiger partial charge is 0.407 e. The normalized spacial score (nSPS) is 26.7. The molecule has 10 nitrogen and oxygen atoms in total. The van der Waals surface area contributed by atoms with Crippen molar-refractivity contribution in [3.05, 3.63) is 45.8 Å². The van der Waals surface area contributed by atoms with Gasteiger partial charge < -0.3 is 25.0 Å². The van der Waals surface area contributed by atoms with Crippen molar-refractivity contribution in [2.45, 2.75) is 24.5 Å².